The number of guanidine groups is 1. The van der Waals surface area contributed by atoms with Crippen LogP contribution in [0.4, 0.5) is 0 Å². The lowest BCUT2D eigenvalue weighted by atomic mass is 10.0. The van der Waals surface area contributed by atoms with Crippen molar-refractivity contribution in [3.63, 3.8) is 0 Å². The van der Waals surface area contributed by atoms with Crippen molar-refractivity contribution in [3.05, 3.63) is 35.4 Å². The van der Waals surface area contributed by atoms with E-state index >= 15 is 0 Å². The number of aliphatic imine (C=N–C) groups is 1. The minimum absolute atomic E-state index is 0. The molecule has 1 unspecified atom stereocenters. The van der Waals surface area contributed by atoms with Gasteiger partial charge in [-0.3, -0.25) is 4.79 Å². The van der Waals surface area contributed by atoms with E-state index in [-0.39, 0.29) is 29.9 Å². The maximum absolute atomic E-state index is 11.7. The van der Waals surface area contributed by atoms with E-state index in [0.717, 1.165) is 36.4 Å². The van der Waals surface area contributed by atoms with Gasteiger partial charge in [0.05, 0.1) is 6.54 Å². The van der Waals surface area contributed by atoms with Crippen LogP contribution in [0.5, 0.6) is 0 Å². The zero-order valence-electron chi connectivity index (χ0n) is 16.9. The van der Waals surface area contributed by atoms with E-state index in [0.29, 0.717) is 31.5 Å². The van der Waals surface area contributed by atoms with Crippen LogP contribution in [0.15, 0.2) is 29.3 Å². The monoisotopic (exact) mass is 486 g/mol. The Bertz CT molecular complexity index is 601. The molecule has 1 aliphatic heterocycles. The Labute approximate surface area is 181 Å². The minimum atomic E-state index is 0. The van der Waals surface area contributed by atoms with Gasteiger partial charge in [0, 0.05) is 25.6 Å². The maximum atomic E-state index is 11.7. The van der Waals surface area contributed by atoms with Gasteiger partial charge >= 0.3 is 0 Å². The van der Waals surface area contributed by atoms with Gasteiger partial charge in [-0.1, -0.05) is 51.0 Å². The number of nitrogens with zero attached hydrogens (tertiary/aromatic N) is 2. The van der Waals surface area contributed by atoms with Crippen molar-refractivity contribution in [2.45, 2.75) is 72.0 Å². The van der Waals surface area contributed by atoms with E-state index in [1.807, 2.05) is 4.90 Å². The van der Waals surface area contributed by atoms with E-state index in [9.17, 15) is 4.79 Å². The van der Waals surface area contributed by atoms with E-state index < -0.39 is 0 Å². The molecule has 1 saturated heterocycles. The van der Waals surface area contributed by atoms with Crippen LogP contribution in [0.3, 0.4) is 0 Å². The van der Waals surface area contributed by atoms with Crippen LogP contribution in [0.1, 0.15) is 64.0 Å². The fraction of sp³-hybridized carbons (Fsp3) is 0.619. The minimum Gasteiger partial charge on any atom is -0.370 e. The molecule has 1 aliphatic rings. The molecule has 0 radical (unpaired) electrons. The lowest BCUT2D eigenvalue weighted by Gasteiger charge is -2.16. The molecule has 2 rings (SSSR count). The van der Waals surface area contributed by atoms with Crippen molar-refractivity contribution >= 4 is 35.8 Å². The molecular weight excluding hydrogens is 451 g/mol. The Morgan fingerprint density at radius 1 is 1.19 bits per heavy atom. The van der Waals surface area contributed by atoms with Gasteiger partial charge in [0.25, 0.3) is 0 Å². The summed E-state index contributed by atoms with van der Waals surface area (Å²) in [5, 5.41) is 3.27. The van der Waals surface area contributed by atoms with Crippen LogP contribution >= 0.6 is 24.0 Å². The molecule has 1 aromatic carbocycles. The highest BCUT2D eigenvalue weighted by Gasteiger charge is 2.19. The number of hydrogen-bond donors (Lipinski definition) is 2. The second kappa shape index (κ2) is 12.2. The third-order valence-corrected chi connectivity index (χ3v) is 4.81. The summed E-state index contributed by atoms with van der Waals surface area (Å²) in [6.07, 6.45) is 5.24. The van der Waals surface area contributed by atoms with Crippen molar-refractivity contribution < 1.29 is 4.79 Å². The summed E-state index contributed by atoms with van der Waals surface area (Å²) in [6, 6.07) is 8.64. The van der Waals surface area contributed by atoms with Gasteiger partial charge < -0.3 is 16.0 Å². The number of rotatable bonds is 9. The Morgan fingerprint density at radius 2 is 1.85 bits per heavy atom. The van der Waals surface area contributed by atoms with Crippen molar-refractivity contribution in [2.24, 2.45) is 16.6 Å². The summed E-state index contributed by atoms with van der Waals surface area (Å²) in [5.41, 5.74) is 8.29. The smallest absolute Gasteiger partial charge is 0.222 e. The lowest BCUT2D eigenvalue weighted by Crippen LogP contribution is -2.38. The quantitative estimate of drug-likeness (QED) is 0.315. The molecule has 1 amide bonds. The normalized spacial score (nSPS) is 15.8. The van der Waals surface area contributed by atoms with Crippen molar-refractivity contribution in [3.8, 4) is 0 Å². The summed E-state index contributed by atoms with van der Waals surface area (Å²) >= 11 is 0. The molecule has 0 bridgehead atoms. The summed E-state index contributed by atoms with van der Waals surface area (Å²) < 4.78 is 0. The second-order valence-electron chi connectivity index (χ2n) is 7.81. The number of halogens is 1. The highest BCUT2D eigenvalue weighted by Crippen LogP contribution is 2.15. The van der Waals surface area contributed by atoms with E-state index in [4.69, 9.17) is 5.73 Å². The number of nitrogens with two attached hydrogens (primary N) is 1. The Morgan fingerprint density at radius 3 is 2.44 bits per heavy atom. The Hall–Kier alpha value is -1.31. The average Bonchev–Trinajstić information content (AvgIpc) is 2.99. The van der Waals surface area contributed by atoms with Crippen LogP contribution in [0, 0.1) is 5.92 Å². The van der Waals surface area contributed by atoms with Gasteiger partial charge in [-0.05, 0) is 36.8 Å². The van der Waals surface area contributed by atoms with Crippen LogP contribution in [-0.2, 0) is 17.9 Å². The van der Waals surface area contributed by atoms with Crippen LogP contribution in [-0.4, -0.2) is 29.4 Å². The fourth-order valence-corrected chi connectivity index (χ4v) is 3.22. The number of hydrogen-bond acceptors (Lipinski definition) is 2. The van der Waals surface area contributed by atoms with Gasteiger partial charge in [-0.15, -0.1) is 24.0 Å². The predicted octanol–water partition coefficient (Wildman–Crippen LogP) is 4.05. The average molecular weight is 486 g/mol. The molecule has 1 heterocycles. The van der Waals surface area contributed by atoms with E-state index in [2.05, 4.69) is 55.3 Å². The number of carbonyl (C=O) groups is 1. The number of amides is 1. The third kappa shape index (κ3) is 8.95. The first-order valence-electron chi connectivity index (χ1n) is 9.86. The molecule has 1 aromatic rings. The molecule has 27 heavy (non-hydrogen) atoms. The molecule has 6 heteroatoms. The molecule has 0 aromatic heterocycles. The summed E-state index contributed by atoms with van der Waals surface area (Å²) in [4.78, 5) is 18.1. The largest absolute Gasteiger partial charge is 0.370 e. The Kier molecular flexibility index (Phi) is 10.7. The fourth-order valence-electron chi connectivity index (χ4n) is 3.22. The van der Waals surface area contributed by atoms with E-state index in [1.54, 1.807) is 0 Å². The second-order valence-corrected chi connectivity index (χ2v) is 7.81. The standard InChI is InChI=1S/C21H34N4O.HI/c1-16(2)6-4-7-17(3)24-21(22)23-14-18-9-11-19(12-10-18)15-25-13-5-8-20(25)26;/h9-12,16-17H,4-8,13-15H2,1-3H3,(H3,22,23,24);1H. The summed E-state index contributed by atoms with van der Waals surface area (Å²) in [6.45, 7) is 8.81. The van der Waals surface area contributed by atoms with Gasteiger partial charge in [-0.25, -0.2) is 4.99 Å². The molecule has 0 saturated carbocycles. The molecule has 0 aliphatic carbocycles. The first-order chi connectivity index (χ1) is 12.4. The van der Waals surface area contributed by atoms with Crippen LogP contribution < -0.4 is 11.1 Å². The molecule has 0 spiro atoms. The van der Waals surface area contributed by atoms with Gasteiger partial charge in [-0.2, -0.15) is 0 Å². The van der Waals surface area contributed by atoms with E-state index in [1.165, 1.54) is 12.8 Å². The van der Waals surface area contributed by atoms with Crippen molar-refractivity contribution in [1.29, 1.82) is 0 Å². The number of carbonyl (C=O) groups excluding carboxylic acids is 1. The highest BCUT2D eigenvalue weighted by molar-refractivity contribution is 14.0. The number of nitrogens with one attached hydrogen (secondary N) is 1. The molecule has 3 N–H and O–H groups in total. The van der Waals surface area contributed by atoms with Crippen molar-refractivity contribution in [2.75, 3.05) is 6.54 Å². The first-order valence-corrected chi connectivity index (χ1v) is 9.86. The number of benzene rings is 1. The van der Waals surface area contributed by atoms with Gasteiger partial charge in [0.1, 0.15) is 0 Å². The van der Waals surface area contributed by atoms with Gasteiger partial charge in [0.15, 0.2) is 5.96 Å². The Balaban J connectivity index is 0.00000364. The van der Waals surface area contributed by atoms with Crippen LogP contribution in [0.2, 0.25) is 0 Å². The summed E-state index contributed by atoms with van der Waals surface area (Å²) in [5.74, 6) is 1.52. The SMILES string of the molecule is CC(C)CCCC(C)NC(N)=NCc1ccc(CN2CCCC2=O)cc1.I. The maximum Gasteiger partial charge on any atom is 0.222 e. The summed E-state index contributed by atoms with van der Waals surface area (Å²) in [7, 11) is 0. The van der Waals surface area contributed by atoms with Crippen LogP contribution in [0.25, 0.3) is 0 Å². The lowest BCUT2D eigenvalue weighted by molar-refractivity contribution is -0.128. The number of likely N-dealkylation sites (tertiary alicyclic amines) is 1. The molecule has 152 valence electrons. The predicted molar refractivity (Wildman–Crippen MR) is 123 cm³/mol. The molecule has 1 fully saturated rings. The third-order valence-electron chi connectivity index (χ3n) is 4.81. The first kappa shape index (κ1) is 23.7. The zero-order valence-corrected chi connectivity index (χ0v) is 19.2. The highest BCUT2D eigenvalue weighted by atomic mass is 127. The van der Waals surface area contributed by atoms with Gasteiger partial charge in [0.2, 0.25) is 5.91 Å². The topological polar surface area (TPSA) is 70.7 Å². The molecular formula is C21H35IN4O. The zero-order chi connectivity index (χ0) is 18.9. The van der Waals surface area contributed by atoms with Crippen molar-refractivity contribution in [1.82, 2.24) is 10.2 Å². The molecule has 5 nitrogen and oxygen atoms in total. The molecule has 1 atom stereocenters.